The van der Waals surface area contributed by atoms with Crippen LogP contribution in [0.3, 0.4) is 0 Å². The number of anilines is 2. The molecule has 0 unspecified atom stereocenters. The molecule has 1 heterocycles. The van der Waals surface area contributed by atoms with Gasteiger partial charge < -0.3 is 15.2 Å². The van der Waals surface area contributed by atoms with Gasteiger partial charge in [0.1, 0.15) is 5.56 Å². The summed E-state index contributed by atoms with van der Waals surface area (Å²) in [5.41, 5.74) is 2.14. The number of benzene rings is 2. The molecule has 6 heteroatoms. The summed E-state index contributed by atoms with van der Waals surface area (Å²) in [4.78, 5) is 11.6. The van der Waals surface area contributed by atoms with Gasteiger partial charge in [0.15, 0.2) is 11.6 Å². The van der Waals surface area contributed by atoms with Crippen molar-refractivity contribution in [2.45, 2.75) is 0 Å². The van der Waals surface area contributed by atoms with E-state index < -0.39 is 5.97 Å². The Kier molecular flexibility index (Phi) is 4.38. The minimum absolute atomic E-state index is 0.0800. The average molecular weight is 321 g/mol. The Labute approximate surface area is 138 Å². The standard InChI is InChI=1S/C18H15N3O3/c1-24-18(23)13-8-5-9-15(17(13)22)19-16-11-10-14(20-21-16)12-6-3-2-4-7-12/h2-11,22H,1H3,(H,19,21). The maximum Gasteiger partial charge on any atom is 0.341 e. The first kappa shape index (κ1) is 15.5. The number of hydrogen-bond donors (Lipinski definition) is 2. The zero-order chi connectivity index (χ0) is 16.9. The maximum atomic E-state index is 11.6. The third kappa shape index (κ3) is 3.17. The zero-order valence-electron chi connectivity index (χ0n) is 12.9. The summed E-state index contributed by atoms with van der Waals surface area (Å²) >= 11 is 0. The number of aromatic nitrogens is 2. The summed E-state index contributed by atoms with van der Waals surface area (Å²) in [5.74, 6) is -0.355. The van der Waals surface area contributed by atoms with Crippen molar-refractivity contribution < 1.29 is 14.6 Å². The SMILES string of the molecule is COC(=O)c1cccc(Nc2ccc(-c3ccccc3)nn2)c1O. The number of nitrogens with zero attached hydrogens (tertiary/aromatic N) is 2. The second kappa shape index (κ2) is 6.78. The van der Waals surface area contributed by atoms with E-state index in [2.05, 4.69) is 20.3 Å². The number of esters is 1. The van der Waals surface area contributed by atoms with Gasteiger partial charge in [-0.15, -0.1) is 10.2 Å². The molecule has 0 aliphatic rings. The van der Waals surface area contributed by atoms with Gasteiger partial charge >= 0.3 is 5.97 Å². The second-order valence-corrected chi connectivity index (χ2v) is 4.99. The molecule has 0 atom stereocenters. The molecule has 2 N–H and O–H groups in total. The molecule has 6 nitrogen and oxygen atoms in total. The Bertz CT molecular complexity index is 849. The monoisotopic (exact) mass is 321 g/mol. The number of nitrogens with one attached hydrogen (secondary N) is 1. The highest BCUT2D eigenvalue weighted by atomic mass is 16.5. The van der Waals surface area contributed by atoms with E-state index in [0.717, 1.165) is 11.3 Å². The van der Waals surface area contributed by atoms with Crippen molar-refractivity contribution in [1.29, 1.82) is 0 Å². The second-order valence-electron chi connectivity index (χ2n) is 4.99. The van der Waals surface area contributed by atoms with E-state index in [-0.39, 0.29) is 11.3 Å². The Morgan fingerprint density at radius 2 is 1.79 bits per heavy atom. The van der Waals surface area contributed by atoms with Crippen LogP contribution in [0.5, 0.6) is 5.75 Å². The number of ether oxygens (including phenoxy) is 1. The Balaban J connectivity index is 1.83. The number of carbonyl (C=O) groups excluding carboxylic acids is 1. The number of methoxy groups -OCH3 is 1. The van der Waals surface area contributed by atoms with Crippen LogP contribution >= 0.6 is 0 Å². The molecular weight excluding hydrogens is 306 g/mol. The molecule has 1 aromatic heterocycles. The number of phenolic OH excluding ortho intramolecular Hbond substituents is 1. The van der Waals surface area contributed by atoms with Gasteiger partial charge in [-0.05, 0) is 24.3 Å². The molecule has 0 aliphatic carbocycles. The molecule has 0 bridgehead atoms. The van der Waals surface area contributed by atoms with Crippen molar-refractivity contribution >= 4 is 17.5 Å². The van der Waals surface area contributed by atoms with E-state index in [1.165, 1.54) is 13.2 Å². The molecule has 0 radical (unpaired) electrons. The van der Waals surface area contributed by atoms with Crippen LogP contribution in [0, 0.1) is 0 Å². The third-order valence-electron chi connectivity index (χ3n) is 3.44. The maximum absolute atomic E-state index is 11.6. The molecular formula is C18H15N3O3. The molecule has 0 amide bonds. The lowest BCUT2D eigenvalue weighted by Gasteiger charge is -2.10. The summed E-state index contributed by atoms with van der Waals surface area (Å²) < 4.78 is 4.63. The van der Waals surface area contributed by atoms with E-state index >= 15 is 0 Å². The lowest BCUT2D eigenvalue weighted by atomic mass is 10.1. The minimum atomic E-state index is -0.610. The molecule has 0 fully saturated rings. The predicted molar refractivity (Wildman–Crippen MR) is 90.2 cm³/mol. The van der Waals surface area contributed by atoms with E-state index in [9.17, 15) is 9.90 Å². The normalized spacial score (nSPS) is 10.2. The molecule has 0 saturated heterocycles. The highest BCUT2D eigenvalue weighted by Gasteiger charge is 2.15. The Morgan fingerprint density at radius 3 is 2.46 bits per heavy atom. The van der Waals surface area contributed by atoms with Crippen LogP contribution < -0.4 is 5.32 Å². The van der Waals surface area contributed by atoms with Crippen LogP contribution in [0.15, 0.2) is 60.7 Å². The number of para-hydroxylation sites is 1. The number of hydrogen-bond acceptors (Lipinski definition) is 6. The van der Waals surface area contributed by atoms with Gasteiger partial charge in [0.25, 0.3) is 0 Å². The van der Waals surface area contributed by atoms with Crippen molar-refractivity contribution in [1.82, 2.24) is 10.2 Å². The zero-order valence-corrected chi connectivity index (χ0v) is 12.9. The summed E-state index contributed by atoms with van der Waals surface area (Å²) in [5, 5.41) is 21.4. The summed E-state index contributed by atoms with van der Waals surface area (Å²) in [7, 11) is 1.26. The van der Waals surface area contributed by atoms with Gasteiger partial charge in [-0.2, -0.15) is 0 Å². The van der Waals surface area contributed by atoms with Gasteiger partial charge in [0.05, 0.1) is 18.5 Å². The van der Waals surface area contributed by atoms with Crippen LogP contribution in [-0.2, 0) is 4.74 Å². The van der Waals surface area contributed by atoms with Gasteiger partial charge in [0, 0.05) is 5.56 Å². The fourth-order valence-corrected chi connectivity index (χ4v) is 2.22. The van der Waals surface area contributed by atoms with Crippen LogP contribution in [0.2, 0.25) is 0 Å². The molecule has 24 heavy (non-hydrogen) atoms. The fraction of sp³-hybridized carbons (Fsp3) is 0.0556. The molecule has 120 valence electrons. The highest BCUT2D eigenvalue weighted by molar-refractivity contribution is 5.94. The molecule has 2 aromatic carbocycles. The molecule has 3 aromatic rings. The lowest BCUT2D eigenvalue weighted by Crippen LogP contribution is -2.03. The first-order valence-electron chi connectivity index (χ1n) is 7.25. The largest absolute Gasteiger partial charge is 0.505 e. The lowest BCUT2D eigenvalue weighted by molar-refractivity contribution is 0.0597. The summed E-state index contributed by atoms with van der Waals surface area (Å²) in [6.45, 7) is 0. The van der Waals surface area contributed by atoms with Crippen molar-refractivity contribution in [3.05, 3.63) is 66.2 Å². The minimum Gasteiger partial charge on any atom is -0.505 e. The van der Waals surface area contributed by atoms with Gasteiger partial charge in [0.2, 0.25) is 0 Å². The first-order valence-corrected chi connectivity index (χ1v) is 7.25. The number of phenols is 1. The first-order chi connectivity index (χ1) is 11.7. The van der Waals surface area contributed by atoms with Gasteiger partial charge in [-0.3, -0.25) is 0 Å². The van der Waals surface area contributed by atoms with Gasteiger partial charge in [-0.1, -0.05) is 36.4 Å². The predicted octanol–water partition coefficient (Wildman–Crippen LogP) is 3.38. The molecule has 0 saturated carbocycles. The number of carbonyl (C=O) groups is 1. The highest BCUT2D eigenvalue weighted by Crippen LogP contribution is 2.30. The fourth-order valence-electron chi connectivity index (χ4n) is 2.22. The van der Waals surface area contributed by atoms with Gasteiger partial charge in [-0.25, -0.2) is 4.79 Å². The molecule has 0 spiro atoms. The summed E-state index contributed by atoms with van der Waals surface area (Å²) in [6.07, 6.45) is 0. The van der Waals surface area contributed by atoms with Crippen molar-refractivity contribution in [2.75, 3.05) is 12.4 Å². The van der Waals surface area contributed by atoms with Crippen LogP contribution in [0.1, 0.15) is 10.4 Å². The Morgan fingerprint density at radius 1 is 1.00 bits per heavy atom. The molecule has 0 aliphatic heterocycles. The van der Waals surface area contributed by atoms with Crippen LogP contribution in [0.4, 0.5) is 11.5 Å². The van der Waals surface area contributed by atoms with Crippen LogP contribution in [-0.4, -0.2) is 28.4 Å². The topological polar surface area (TPSA) is 84.3 Å². The van der Waals surface area contributed by atoms with E-state index in [1.54, 1.807) is 18.2 Å². The van der Waals surface area contributed by atoms with E-state index in [4.69, 9.17) is 0 Å². The smallest absolute Gasteiger partial charge is 0.341 e. The number of aromatic hydroxyl groups is 1. The Hall–Kier alpha value is -3.41. The number of rotatable bonds is 4. The van der Waals surface area contributed by atoms with Crippen LogP contribution in [0.25, 0.3) is 11.3 Å². The third-order valence-corrected chi connectivity index (χ3v) is 3.44. The van der Waals surface area contributed by atoms with Crippen molar-refractivity contribution in [2.24, 2.45) is 0 Å². The van der Waals surface area contributed by atoms with E-state index in [0.29, 0.717) is 11.5 Å². The van der Waals surface area contributed by atoms with Crippen molar-refractivity contribution in [3.63, 3.8) is 0 Å². The summed E-state index contributed by atoms with van der Waals surface area (Å²) in [6, 6.07) is 18.0. The quantitative estimate of drug-likeness (QED) is 0.566. The van der Waals surface area contributed by atoms with Crippen molar-refractivity contribution in [3.8, 4) is 17.0 Å². The molecule has 3 rings (SSSR count). The average Bonchev–Trinajstić information content (AvgIpc) is 2.64. The van der Waals surface area contributed by atoms with E-state index in [1.807, 2.05) is 36.4 Å².